The largest absolute Gasteiger partial charge is 0.300 e. The molecule has 0 radical (unpaired) electrons. The Hall–Kier alpha value is -2.55. The van der Waals surface area contributed by atoms with Crippen molar-refractivity contribution in [2.24, 2.45) is 23.7 Å². The zero-order chi connectivity index (χ0) is 27.2. The molecular formula is C35H46O3. The van der Waals surface area contributed by atoms with Gasteiger partial charge in [0, 0.05) is 17.9 Å². The summed E-state index contributed by atoms with van der Waals surface area (Å²) in [6.45, 7) is 7.79. The van der Waals surface area contributed by atoms with Gasteiger partial charge in [0.05, 0.1) is 6.42 Å². The standard InChI is InChI=1S/C35H46O3/c1-5-10-28(30(6-2)33(37)17-24(4)36)20-27-21-32-31(16-15-23(3)35(32)34(38)22-27)29-14-9-13-26(19-29)18-25-11-7-8-12-25/h9,13-16,19,25,27-28,30H,5-8,10-12,17-18,20-22H2,1-4H3. The van der Waals surface area contributed by atoms with Gasteiger partial charge in [-0.2, -0.15) is 0 Å². The highest BCUT2D eigenvalue weighted by Crippen LogP contribution is 2.40. The maximum Gasteiger partial charge on any atom is 0.163 e. The third kappa shape index (κ3) is 6.71. The summed E-state index contributed by atoms with van der Waals surface area (Å²) in [5.41, 5.74) is 7.01. The Labute approximate surface area is 229 Å². The van der Waals surface area contributed by atoms with Crippen LogP contribution in [0.2, 0.25) is 0 Å². The van der Waals surface area contributed by atoms with E-state index in [0.29, 0.717) is 6.42 Å². The molecule has 0 spiro atoms. The van der Waals surface area contributed by atoms with Crippen molar-refractivity contribution in [2.75, 3.05) is 0 Å². The number of Topliss-reactive ketones (excluding diaryl/α,β-unsaturated/α-hetero) is 3. The summed E-state index contributed by atoms with van der Waals surface area (Å²) in [4.78, 5) is 38.2. The second-order valence-corrected chi connectivity index (χ2v) is 12.2. The number of rotatable bonds is 12. The van der Waals surface area contributed by atoms with E-state index < -0.39 is 0 Å². The molecule has 0 heterocycles. The van der Waals surface area contributed by atoms with Crippen molar-refractivity contribution < 1.29 is 14.4 Å². The topological polar surface area (TPSA) is 51.2 Å². The molecule has 1 fully saturated rings. The summed E-state index contributed by atoms with van der Waals surface area (Å²) >= 11 is 0. The van der Waals surface area contributed by atoms with E-state index in [-0.39, 0.29) is 41.5 Å². The Morgan fingerprint density at radius 3 is 2.45 bits per heavy atom. The number of hydrogen-bond donors (Lipinski definition) is 0. The molecule has 0 aliphatic heterocycles. The lowest BCUT2D eigenvalue weighted by Crippen LogP contribution is -2.30. The molecule has 0 amide bonds. The van der Waals surface area contributed by atoms with Crippen LogP contribution in [0.5, 0.6) is 0 Å². The summed E-state index contributed by atoms with van der Waals surface area (Å²) in [6.07, 6.45) is 11.6. The van der Waals surface area contributed by atoms with E-state index in [1.54, 1.807) is 0 Å². The van der Waals surface area contributed by atoms with Gasteiger partial charge in [-0.1, -0.05) is 88.8 Å². The van der Waals surface area contributed by atoms with E-state index in [0.717, 1.165) is 55.6 Å². The van der Waals surface area contributed by atoms with Crippen LogP contribution in [0, 0.1) is 30.6 Å². The summed E-state index contributed by atoms with van der Waals surface area (Å²) in [5, 5.41) is 0. The second-order valence-electron chi connectivity index (χ2n) is 12.2. The van der Waals surface area contributed by atoms with E-state index in [1.807, 2.05) is 0 Å². The maximum absolute atomic E-state index is 13.5. The molecule has 38 heavy (non-hydrogen) atoms. The van der Waals surface area contributed by atoms with Crippen molar-refractivity contribution in [3.05, 3.63) is 58.7 Å². The van der Waals surface area contributed by atoms with Crippen LogP contribution in [0.15, 0.2) is 36.4 Å². The molecule has 3 nitrogen and oxygen atoms in total. The Morgan fingerprint density at radius 1 is 1.00 bits per heavy atom. The summed E-state index contributed by atoms with van der Waals surface area (Å²) < 4.78 is 0. The van der Waals surface area contributed by atoms with E-state index in [4.69, 9.17) is 0 Å². The Morgan fingerprint density at radius 2 is 1.76 bits per heavy atom. The molecule has 0 bridgehead atoms. The summed E-state index contributed by atoms with van der Waals surface area (Å²) in [5.74, 6) is 1.43. The minimum atomic E-state index is -0.0976. The number of carbonyl (C=O) groups excluding carboxylic acids is 3. The van der Waals surface area contributed by atoms with Crippen molar-refractivity contribution in [1.29, 1.82) is 0 Å². The first kappa shape index (κ1) is 28.5. The van der Waals surface area contributed by atoms with Crippen molar-refractivity contribution in [3.8, 4) is 11.1 Å². The minimum absolute atomic E-state index is 0.0334. The molecule has 0 saturated heterocycles. The maximum atomic E-state index is 13.5. The molecule has 2 aromatic rings. The Balaban J connectivity index is 1.61. The van der Waals surface area contributed by atoms with Gasteiger partial charge in [0.2, 0.25) is 0 Å². The fourth-order valence-corrected chi connectivity index (χ4v) is 7.42. The molecule has 3 atom stereocenters. The van der Waals surface area contributed by atoms with Gasteiger partial charge in [0.1, 0.15) is 11.6 Å². The first-order chi connectivity index (χ1) is 18.3. The number of ketones is 3. The zero-order valence-corrected chi connectivity index (χ0v) is 24.0. The highest BCUT2D eigenvalue weighted by molar-refractivity contribution is 6.02. The van der Waals surface area contributed by atoms with Gasteiger partial charge in [0.25, 0.3) is 0 Å². The van der Waals surface area contributed by atoms with E-state index in [1.165, 1.54) is 54.9 Å². The van der Waals surface area contributed by atoms with Crippen LogP contribution in [-0.4, -0.2) is 17.3 Å². The first-order valence-corrected chi connectivity index (χ1v) is 15.1. The molecule has 0 N–H and O–H groups in total. The minimum Gasteiger partial charge on any atom is -0.300 e. The highest BCUT2D eigenvalue weighted by Gasteiger charge is 2.34. The molecule has 3 heteroatoms. The third-order valence-corrected chi connectivity index (χ3v) is 9.15. The van der Waals surface area contributed by atoms with E-state index in [2.05, 4.69) is 57.2 Å². The highest BCUT2D eigenvalue weighted by atomic mass is 16.1. The van der Waals surface area contributed by atoms with Crippen LogP contribution in [0.25, 0.3) is 11.1 Å². The molecule has 2 aliphatic rings. The molecule has 4 rings (SSSR count). The van der Waals surface area contributed by atoms with Gasteiger partial charge >= 0.3 is 0 Å². The van der Waals surface area contributed by atoms with E-state index >= 15 is 0 Å². The predicted octanol–water partition coefficient (Wildman–Crippen LogP) is 8.52. The number of fused-ring (bicyclic) bond motifs is 1. The van der Waals surface area contributed by atoms with Crippen molar-refractivity contribution in [2.45, 2.75) is 105 Å². The lowest BCUT2D eigenvalue weighted by Gasteiger charge is -2.32. The SMILES string of the molecule is CCCC(CC1CC(=O)c2c(C)ccc(-c3cccc(CC4CCCC4)c3)c2C1)C(CC)C(=O)CC(C)=O. The molecular weight excluding hydrogens is 468 g/mol. The van der Waals surface area contributed by atoms with Crippen LogP contribution in [0.3, 0.4) is 0 Å². The quantitative estimate of drug-likeness (QED) is 0.267. The number of aryl methyl sites for hydroxylation is 1. The molecule has 204 valence electrons. The third-order valence-electron chi connectivity index (χ3n) is 9.15. The predicted molar refractivity (Wildman–Crippen MR) is 156 cm³/mol. The van der Waals surface area contributed by atoms with Crippen LogP contribution < -0.4 is 0 Å². The van der Waals surface area contributed by atoms with Crippen molar-refractivity contribution >= 4 is 17.3 Å². The van der Waals surface area contributed by atoms with Gasteiger partial charge in [0.15, 0.2) is 5.78 Å². The van der Waals surface area contributed by atoms with Gasteiger partial charge in [-0.05, 0) is 85.1 Å². The molecule has 2 aromatic carbocycles. The lowest BCUT2D eigenvalue weighted by molar-refractivity contribution is -0.129. The van der Waals surface area contributed by atoms with Crippen LogP contribution in [0.1, 0.15) is 112 Å². The van der Waals surface area contributed by atoms with Crippen LogP contribution in [-0.2, 0) is 22.4 Å². The van der Waals surface area contributed by atoms with Crippen molar-refractivity contribution in [1.82, 2.24) is 0 Å². The smallest absolute Gasteiger partial charge is 0.163 e. The van der Waals surface area contributed by atoms with Gasteiger partial charge in [-0.25, -0.2) is 0 Å². The van der Waals surface area contributed by atoms with Gasteiger partial charge < -0.3 is 0 Å². The number of carbonyl (C=O) groups is 3. The fourth-order valence-electron chi connectivity index (χ4n) is 7.42. The number of benzene rings is 2. The van der Waals surface area contributed by atoms with Crippen LogP contribution >= 0.6 is 0 Å². The monoisotopic (exact) mass is 514 g/mol. The van der Waals surface area contributed by atoms with Gasteiger partial charge in [-0.3, -0.25) is 14.4 Å². The first-order valence-electron chi connectivity index (χ1n) is 15.1. The number of hydrogen-bond acceptors (Lipinski definition) is 3. The van der Waals surface area contributed by atoms with Crippen molar-refractivity contribution in [3.63, 3.8) is 0 Å². The average molecular weight is 515 g/mol. The van der Waals surface area contributed by atoms with E-state index in [9.17, 15) is 14.4 Å². The lowest BCUT2D eigenvalue weighted by atomic mass is 9.71. The average Bonchev–Trinajstić information content (AvgIpc) is 3.37. The molecule has 1 saturated carbocycles. The Kier molecular flexibility index (Phi) is 9.74. The summed E-state index contributed by atoms with van der Waals surface area (Å²) in [6, 6.07) is 13.3. The fraction of sp³-hybridized carbons (Fsp3) is 0.571. The van der Waals surface area contributed by atoms with Crippen LogP contribution in [0.4, 0.5) is 0 Å². The zero-order valence-electron chi connectivity index (χ0n) is 24.0. The Bertz CT molecular complexity index is 1150. The second kappa shape index (κ2) is 13.0. The summed E-state index contributed by atoms with van der Waals surface area (Å²) in [7, 11) is 0. The molecule has 0 aromatic heterocycles. The molecule has 3 unspecified atom stereocenters. The van der Waals surface area contributed by atoms with Gasteiger partial charge in [-0.15, -0.1) is 0 Å². The molecule has 2 aliphatic carbocycles. The normalized spacial score (nSPS) is 19.3.